The maximum Gasteiger partial charge on any atom is 0.266 e. The van der Waals surface area contributed by atoms with Crippen molar-refractivity contribution in [2.45, 2.75) is 13.2 Å². The van der Waals surface area contributed by atoms with Crippen LogP contribution in [0.4, 0.5) is 5.69 Å². The van der Waals surface area contributed by atoms with Gasteiger partial charge in [0.05, 0.1) is 11.6 Å². The van der Waals surface area contributed by atoms with Crippen molar-refractivity contribution in [1.29, 1.82) is 5.26 Å². The van der Waals surface area contributed by atoms with Crippen LogP contribution in [0.25, 0.3) is 6.08 Å². The second-order valence-electron chi connectivity index (χ2n) is 8.37. The molecule has 0 aromatic heterocycles. The van der Waals surface area contributed by atoms with E-state index in [1.807, 2.05) is 48.5 Å². The number of ether oxygens (including phenoxy) is 3. The van der Waals surface area contributed by atoms with Crippen molar-refractivity contribution in [3.05, 3.63) is 123 Å². The van der Waals surface area contributed by atoms with Crippen molar-refractivity contribution in [3.8, 4) is 23.3 Å². The van der Waals surface area contributed by atoms with Crippen LogP contribution in [-0.2, 0) is 18.0 Å². The Morgan fingerprint density at radius 2 is 1.62 bits per heavy atom. The number of carbonyl (C=O) groups is 1. The third-order valence-corrected chi connectivity index (χ3v) is 6.43. The fourth-order valence-corrected chi connectivity index (χ4v) is 4.29. The van der Waals surface area contributed by atoms with Gasteiger partial charge in [0.2, 0.25) is 0 Å². The first-order valence-corrected chi connectivity index (χ1v) is 13.1. The van der Waals surface area contributed by atoms with Gasteiger partial charge in [-0.15, -0.1) is 0 Å². The zero-order chi connectivity index (χ0) is 27.6. The third-order valence-electron chi connectivity index (χ3n) is 5.58. The highest BCUT2D eigenvalue weighted by atomic mass is 79.9. The number of nitrogens with zero attached hydrogens (tertiary/aromatic N) is 1. The zero-order valence-electron chi connectivity index (χ0n) is 21.0. The summed E-state index contributed by atoms with van der Waals surface area (Å²) in [5.74, 6) is 1.09. The Bertz CT molecular complexity index is 1500. The molecule has 4 aromatic rings. The first-order chi connectivity index (χ1) is 18.9. The summed E-state index contributed by atoms with van der Waals surface area (Å²) in [4.78, 5) is 12.8. The van der Waals surface area contributed by atoms with Crippen LogP contribution < -0.4 is 19.5 Å². The number of benzene rings is 4. The summed E-state index contributed by atoms with van der Waals surface area (Å²) in [7, 11) is 1.52. The largest absolute Gasteiger partial charge is 0.493 e. The number of halogens is 2. The molecule has 0 radical (unpaired) electrons. The molecule has 196 valence electrons. The van der Waals surface area contributed by atoms with Gasteiger partial charge < -0.3 is 19.5 Å². The molecule has 8 heteroatoms. The summed E-state index contributed by atoms with van der Waals surface area (Å²) in [5, 5.41) is 13.1. The number of anilines is 1. The van der Waals surface area contributed by atoms with Gasteiger partial charge in [0.25, 0.3) is 5.91 Å². The fraction of sp³-hybridized carbons (Fsp3) is 0.0968. The van der Waals surface area contributed by atoms with E-state index in [2.05, 4.69) is 21.2 Å². The van der Waals surface area contributed by atoms with Crippen LogP contribution >= 0.6 is 27.5 Å². The molecule has 0 saturated carbocycles. The van der Waals surface area contributed by atoms with Crippen LogP contribution in [0.3, 0.4) is 0 Å². The van der Waals surface area contributed by atoms with E-state index in [9.17, 15) is 10.1 Å². The van der Waals surface area contributed by atoms with Crippen molar-refractivity contribution >= 4 is 45.2 Å². The summed E-state index contributed by atoms with van der Waals surface area (Å²) in [6.07, 6.45) is 1.49. The van der Waals surface area contributed by atoms with E-state index >= 15 is 0 Å². The Morgan fingerprint density at radius 3 is 2.28 bits per heavy atom. The molecule has 0 unspecified atom stereocenters. The number of nitriles is 1. The number of amides is 1. The topological polar surface area (TPSA) is 80.6 Å². The predicted molar refractivity (Wildman–Crippen MR) is 156 cm³/mol. The zero-order valence-corrected chi connectivity index (χ0v) is 23.3. The van der Waals surface area contributed by atoms with Crippen LogP contribution in [0.15, 0.2) is 101 Å². The number of nitrogens with one attached hydrogen (secondary N) is 1. The summed E-state index contributed by atoms with van der Waals surface area (Å²) < 4.78 is 17.9. The average molecular weight is 604 g/mol. The summed E-state index contributed by atoms with van der Waals surface area (Å²) >= 11 is 9.46. The maximum atomic E-state index is 12.8. The van der Waals surface area contributed by atoms with Gasteiger partial charge in [-0.1, -0.05) is 54.1 Å². The Balaban J connectivity index is 1.42. The fourth-order valence-electron chi connectivity index (χ4n) is 3.59. The number of hydrogen-bond donors (Lipinski definition) is 1. The molecular weight excluding hydrogens is 580 g/mol. The minimum absolute atomic E-state index is 0.0665. The Labute approximate surface area is 240 Å². The molecule has 0 spiro atoms. The smallest absolute Gasteiger partial charge is 0.266 e. The van der Waals surface area contributed by atoms with Gasteiger partial charge in [0, 0.05) is 10.7 Å². The summed E-state index contributed by atoms with van der Waals surface area (Å²) in [6, 6.07) is 29.6. The van der Waals surface area contributed by atoms with Crippen LogP contribution in [0.2, 0.25) is 5.02 Å². The highest BCUT2D eigenvalue weighted by Gasteiger charge is 2.14. The first-order valence-electron chi connectivity index (χ1n) is 11.9. The lowest BCUT2D eigenvalue weighted by atomic mass is 10.1. The van der Waals surface area contributed by atoms with E-state index in [1.165, 1.54) is 13.2 Å². The van der Waals surface area contributed by atoms with E-state index in [1.54, 1.807) is 48.5 Å². The molecule has 0 saturated heterocycles. The molecule has 39 heavy (non-hydrogen) atoms. The second kappa shape index (κ2) is 13.5. The lowest BCUT2D eigenvalue weighted by Gasteiger charge is -2.14. The van der Waals surface area contributed by atoms with Crippen LogP contribution in [-0.4, -0.2) is 13.0 Å². The Morgan fingerprint density at radius 1 is 0.949 bits per heavy atom. The monoisotopic (exact) mass is 602 g/mol. The third kappa shape index (κ3) is 7.87. The molecule has 0 aliphatic heterocycles. The molecule has 6 nitrogen and oxygen atoms in total. The molecule has 4 rings (SSSR count). The van der Waals surface area contributed by atoms with Gasteiger partial charge in [-0.25, -0.2) is 0 Å². The molecule has 0 fully saturated rings. The molecule has 0 aliphatic carbocycles. The van der Waals surface area contributed by atoms with Crippen LogP contribution in [0, 0.1) is 11.3 Å². The van der Waals surface area contributed by atoms with Crippen LogP contribution in [0.1, 0.15) is 16.7 Å². The van der Waals surface area contributed by atoms with Crippen molar-refractivity contribution in [2.75, 3.05) is 12.4 Å². The van der Waals surface area contributed by atoms with Crippen molar-refractivity contribution < 1.29 is 19.0 Å². The lowest BCUT2D eigenvalue weighted by Crippen LogP contribution is -2.13. The molecule has 1 amide bonds. The highest BCUT2D eigenvalue weighted by molar-refractivity contribution is 9.10. The summed E-state index contributed by atoms with van der Waals surface area (Å²) in [6.45, 7) is 0.751. The van der Waals surface area contributed by atoms with Crippen molar-refractivity contribution in [2.24, 2.45) is 0 Å². The van der Waals surface area contributed by atoms with Crippen LogP contribution in [0.5, 0.6) is 17.2 Å². The SMILES string of the molecule is COc1cc(/C=C(\C#N)C(=O)Nc2ccc(OCc3ccccc3)cc2)cc(Br)c1OCc1ccc(Cl)cc1. The minimum Gasteiger partial charge on any atom is -0.493 e. The second-order valence-corrected chi connectivity index (χ2v) is 9.66. The van der Waals surface area contributed by atoms with Gasteiger partial charge >= 0.3 is 0 Å². The minimum atomic E-state index is -0.534. The maximum absolute atomic E-state index is 12.8. The normalized spacial score (nSPS) is 10.9. The van der Waals surface area contributed by atoms with Crippen molar-refractivity contribution in [3.63, 3.8) is 0 Å². The van der Waals surface area contributed by atoms with E-state index in [0.29, 0.717) is 51.2 Å². The predicted octanol–water partition coefficient (Wildman–Crippen LogP) is 7.81. The Kier molecular flexibility index (Phi) is 9.63. The molecule has 0 heterocycles. The van der Waals surface area contributed by atoms with E-state index < -0.39 is 5.91 Å². The van der Waals surface area contributed by atoms with Gasteiger partial charge in [-0.05, 0) is 87.2 Å². The number of hydrogen-bond acceptors (Lipinski definition) is 5. The van der Waals surface area contributed by atoms with E-state index in [-0.39, 0.29) is 5.57 Å². The Hall–Kier alpha value is -4.25. The van der Waals surface area contributed by atoms with E-state index in [4.69, 9.17) is 25.8 Å². The van der Waals surface area contributed by atoms with Gasteiger partial charge in [0.1, 0.15) is 30.6 Å². The molecule has 0 aliphatic rings. The number of rotatable bonds is 10. The molecule has 0 bridgehead atoms. The van der Waals surface area contributed by atoms with Gasteiger partial charge in [-0.2, -0.15) is 5.26 Å². The quantitative estimate of drug-likeness (QED) is 0.148. The number of methoxy groups -OCH3 is 1. The van der Waals surface area contributed by atoms with Gasteiger partial charge in [0.15, 0.2) is 11.5 Å². The summed E-state index contributed by atoms with van der Waals surface area (Å²) in [5.41, 5.74) is 3.06. The molecular formula is C31H24BrClN2O4. The lowest BCUT2D eigenvalue weighted by molar-refractivity contribution is -0.112. The molecule has 1 N–H and O–H groups in total. The number of carbonyl (C=O) groups excluding carboxylic acids is 1. The van der Waals surface area contributed by atoms with Crippen molar-refractivity contribution in [1.82, 2.24) is 0 Å². The average Bonchev–Trinajstić information content (AvgIpc) is 2.96. The van der Waals surface area contributed by atoms with E-state index in [0.717, 1.165) is 11.1 Å². The molecule has 0 atom stereocenters. The standard InChI is InChI=1S/C31H24BrClN2O4/c1-37-29-17-23(16-28(32)30(29)39-20-22-7-9-25(33)10-8-22)15-24(18-34)31(36)35-26-11-13-27(14-12-26)38-19-21-5-3-2-4-6-21/h2-17H,19-20H2,1H3,(H,35,36)/b24-15+. The molecule has 4 aromatic carbocycles. The van der Waals surface area contributed by atoms with Gasteiger partial charge in [-0.3, -0.25) is 4.79 Å². The highest BCUT2D eigenvalue weighted by Crippen LogP contribution is 2.38. The first kappa shape index (κ1) is 27.8.